The average molecular weight is 287 g/mol. The van der Waals surface area contributed by atoms with E-state index < -0.39 is 0 Å². The van der Waals surface area contributed by atoms with Crippen molar-refractivity contribution < 1.29 is 0 Å². The first kappa shape index (κ1) is 14.5. The van der Waals surface area contributed by atoms with Crippen LogP contribution < -0.4 is 0 Å². The van der Waals surface area contributed by atoms with E-state index in [4.69, 9.17) is 0 Å². The number of pyridine rings is 1. The summed E-state index contributed by atoms with van der Waals surface area (Å²) in [5, 5.41) is 0. The van der Waals surface area contributed by atoms with Crippen LogP contribution in [0.1, 0.15) is 22.4 Å². The molecule has 0 fully saturated rings. The van der Waals surface area contributed by atoms with Crippen LogP contribution >= 0.6 is 0 Å². The van der Waals surface area contributed by atoms with Crippen LogP contribution in [-0.2, 0) is 0 Å². The van der Waals surface area contributed by atoms with Gasteiger partial charge in [-0.25, -0.2) is 0 Å². The molecule has 0 saturated heterocycles. The Hall–Kier alpha value is -2.41. The lowest BCUT2D eigenvalue weighted by Gasteiger charge is -2.16. The highest BCUT2D eigenvalue weighted by molar-refractivity contribution is 5.86. The highest BCUT2D eigenvalue weighted by Crippen LogP contribution is 2.36. The Balaban J connectivity index is 2.27. The summed E-state index contributed by atoms with van der Waals surface area (Å²) in [5.41, 5.74) is 9.86. The second kappa shape index (κ2) is 5.76. The van der Waals surface area contributed by atoms with E-state index in [-0.39, 0.29) is 0 Å². The van der Waals surface area contributed by atoms with E-state index in [0.29, 0.717) is 0 Å². The molecular weight excluding hydrogens is 266 g/mol. The Morgan fingerprint density at radius 1 is 0.591 bits per heavy atom. The van der Waals surface area contributed by atoms with Crippen molar-refractivity contribution in [3.63, 3.8) is 0 Å². The van der Waals surface area contributed by atoms with Crippen LogP contribution in [0.4, 0.5) is 0 Å². The van der Waals surface area contributed by atoms with E-state index in [0.717, 1.165) is 5.69 Å². The zero-order valence-corrected chi connectivity index (χ0v) is 13.6. The quantitative estimate of drug-likeness (QED) is 0.593. The van der Waals surface area contributed by atoms with Gasteiger partial charge in [-0.3, -0.25) is 4.98 Å². The summed E-state index contributed by atoms with van der Waals surface area (Å²) < 4.78 is 0. The maximum atomic E-state index is 4.58. The van der Waals surface area contributed by atoms with Gasteiger partial charge >= 0.3 is 0 Å². The third kappa shape index (κ3) is 2.67. The number of rotatable bonds is 2. The van der Waals surface area contributed by atoms with Crippen LogP contribution in [0, 0.1) is 27.7 Å². The molecule has 3 rings (SSSR count). The minimum Gasteiger partial charge on any atom is -0.261 e. The van der Waals surface area contributed by atoms with Crippen molar-refractivity contribution in [1.82, 2.24) is 4.98 Å². The molecular formula is C21H21N. The third-order valence-electron chi connectivity index (χ3n) is 4.14. The van der Waals surface area contributed by atoms with Gasteiger partial charge in [-0.1, -0.05) is 59.7 Å². The number of nitrogens with zero attached hydrogens (tertiary/aromatic N) is 1. The number of hydrogen-bond acceptors (Lipinski definition) is 1. The third-order valence-corrected chi connectivity index (χ3v) is 4.14. The van der Waals surface area contributed by atoms with Gasteiger partial charge in [0.1, 0.15) is 0 Å². The maximum absolute atomic E-state index is 4.58. The summed E-state index contributed by atoms with van der Waals surface area (Å²) >= 11 is 0. The topological polar surface area (TPSA) is 12.9 Å². The molecule has 0 aliphatic rings. The second-order valence-electron chi connectivity index (χ2n) is 6.01. The molecule has 0 unspecified atom stereocenters. The molecule has 0 radical (unpaired) electrons. The molecule has 0 atom stereocenters. The number of hydrogen-bond donors (Lipinski definition) is 0. The second-order valence-corrected chi connectivity index (χ2v) is 6.01. The van der Waals surface area contributed by atoms with E-state index in [2.05, 4.69) is 81.2 Å². The molecule has 110 valence electrons. The fourth-order valence-corrected chi connectivity index (χ4v) is 2.87. The Kier molecular flexibility index (Phi) is 3.81. The first-order valence-corrected chi connectivity index (χ1v) is 7.66. The van der Waals surface area contributed by atoms with E-state index in [1.54, 1.807) is 0 Å². The largest absolute Gasteiger partial charge is 0.261 e. The zero-order chi connectivity index (χ0) is 15.7. The van der Waals surface area contributed by atoms with Crippen molar-refractivity contribution in [3.8, 4) is 22.3 Å². The summed E-state index contributed by atoms with van der Waals surface area (Å²) in [5.74, 6) is 0. The van der Waals surface area contributed by atoms with Crippen LogP contribution in [0.2, 0.25) is 0 Å². The van der Waals surface area contributed by atoms with Crippen LogP contribution in [0.25, 0.3) is 22.3 Å². The van der Waals surface area contributed by atoms with Gasteiger partial charge < -0.3 is 0 Å². The normalized spacial score (nSPS) is 10.7. The molecule has 0 spiro atoms. The van der Waals surface area contributed by atoms with E-state index in [1.807, 2.05) is 6.20 Å². The summed E-state index contributed by atoms with van der Waals surface area (Å²) in [4.78, 5) is 4.58. The monoisotopic (exact) mass is 287 g/mol. The van der Waals surface area contributed by atoms with Crippen molar-refractivity contribution in [2.75, 3.05) is 0 Å². The fourth-order valence-electron chi connectivity index (χ4n) is 2.87. The molecule has 0 aliphatic carbocycles. The van der Waals surface area contributed by atoms with Crippen molar-refractivity contribution in [3.05, 3.63) is 77.1 Å². The molecule has 22 heavy (non-hydrogen) atoms. The molecule has 0 amide bonds. The highest BCUT2D eigenvalue weighted by Gasteiger charge is 2.14. The highest BCUT2D eigenvalue weighted by atomic mass is 14.7. The smallest absolute Gasteiger partial charge is 0.0457 e. The standard InChI is InChI=1S/C21H21N/c1-14-5-9-18(10-6-14)20-16(3)13-22-17(4)21(20)19-11-7-15(2)8-12-19/h5-13H,1-4H3. The molecule has 1 aromatic heterocycles. The average Bonchev–Trinajstić information content (AvgIpc) is 2.51. The number of aromatic nitrogens is 1. The van der Waals surface area contributed by atoms with Crippen LogP contribution in [0.5, 0.6) is 0 Å². The molecule has 0 bridgehead atoms. The minimum atomic E-state index is 1.07. The van der Waals surface area contributed by atoms with Crippen molar-refractivity contribution in [2.24, 2.45) is 0 Å². The van der Waals surface area contributed by atoms with Crippen LogP contribution in [-0.4, -0.2) is 4.98 Å². The number of benzene rings is 2. The molecule has 1 nitrogen and oxygen atoms in total. The van der Waals surface area contributed by atoms with Crippen molar-refractivity contribution >= 4 is 0 Å². The fraction of sp³-hybridized carbons (Fsp3) is 0.190. The van der Waals surface area contributed by atoms with E-state index in [9.17, 15) is 0 Å². The van der Waals surface area contributed by atoms with Gasteiger partial charge in [0, 0.05) is 17.5 Å². The molecule has 0 N–H and O–H groups in total. The Bertz CT molecular complexity index is 726. The predicted molar refractivity (Wildman–Crippen MR) is 94.1 cm³/mol. The van der Waals surface area contributed by atoms with Gasteiger partial charge in [-0.05, 0) is 49.9 Å². The van der Waals surface area contributed by atoms with Crippen LogP contribution in [0.3, 0.4) is 0 Å². The lowest BCUT2D eigenvalue weighted by Crippen LogP contribution is -1.96. The van der Waals surface area contributed by atoms with Crippen molar-refractivity contribution in [1.29, 1.82) is 0 Å². The first-order valence-electron chi connectivity index (χ1n) is 7.66. The zero-order valence-electron chi connectivity index (χ0n) is 13.6. The van der Waals surface area contributed by atoms with Gasteiger partial charge in [0.05, 0.1) is 0 Å². The first-order chi connectivity index (χ1) is 10.6. The maximum Gasteiger partial charge on any atom is 0.0457 e. The molecule has 2 aromatic carbocycles. The molecule has 3 aromatic rings. The minimum absolute atomic E-state index is 1.07. The predicted octanol–water partition coefficient (Wildman–Crippen LogP) is 5.65. The molecule has 0 saturated carbocycles. The van der Waals surface area contributed by atoms with Crippen molar-refractivity contribution in [2.45, 2.75) is 27.7 Å². The van der Waals surface area contributed by atoms with Gasteiger partial charge in [0.15, 0.2) is 0 Å². The summed E-state index contributed by atoms with van der Waals surface area (Å²) in [6.07, 6.45) is 1.97. The number of aryl methyl sites for hydroxylation is 4. The lowest BCUT2D eigenvalue weighted by atomic mass is 9.90. The van der Waals surface area contributed by atoms with Gasteiger partial charge in [-0.15, -0.1) is 0 Å². The molecule has 1 heteroatoms. The SMILES string of the molecule is Cc1ccc(-c2c(C)cnc(C)c2-c2ccc(C)cc2)cc1. The summed E-state index contributed by atoms with van der Waals surface area (Å²) in [6, 6.07) is 17.5. The lowest BCUT2D eigenvalue weighted by molar-refractivity contribution is 1.17. The van der Waals surface area contributed by atoms with Gasteiger partial charge in [0.25, 0.3) is 0 Å². The van der Waals surface area contributed by atoms with Crippen LogP contribution in [0.15, 0.2) is 54.7 Å². The Morgan fingerprint density at radius 3 is 1.55 bits per heavy atom. The molecule has 0 aliphatic heterocycles. The van der Waals surface area contributed by atoms with Gasteiger partial charge in [0.2, 0.25) is 0 Å². The Morgan fingerprint density at radius 2 is 1.05 bits per heavy atom. The van der Waals surface area contributed by atoms with Gasteiger partial charge in [-0.2, -0.15) is 0 Å². The van der Waals surface area contributed by atoms with E-state index in [1.165, 1.54) is 38.9 Å². The Labute approximate surface area is 132 Å². The summed E-state index contributed by atoms with van der Waals surface area (Å²) in [7, 11) is 0. The van der Waals surface area contributed by atoms with E-state index >= 15 is 0 Å². The molecule has 1 heterocycles. The summed E-state index contributed by atoms with van der Waals surface area (Å²) in [6.45, 7) is 8.47.